The second-order valence-electron chi connectivity index (χ2n) is 6.87. The van der Waals surface area contributed by atoms with E-state index in [-0.39, 0.29) is 31.6 Å². The third-order valence-corrected chi connectivity index (χ3v) is 5.25. The topological polar surface area (TPSA) is 67.9 Å². The monoisotopic (exact) mass is 416 g/mol. The minimum Gasteiger partial charge on any atom is -0.454 e. The predicted octanol–water partition coefficient (Wildman–Crippen LogP) is 3.55. The Morgan fingerprint density at radius 2 is 1.93 bits per heavy atom. The molecule has 1 heterocycles. The molecule has 0 bridgehead atoms. The minimum atomic E-state index is -0.601. The van der Waals surface area contributed by atoms with Gasteiger partial charge in [0.25, 0.3) is 0 Å². The molecule has 6 nitrogen and oxygen atoms in total. The number of hydrogen-bond donors (Lipinski definition) is 1. The Bertz CT molecular complexity index is 887. The van der Waals surface area contributed by atoms with Crippen molar-refractivity contribution in [1.29, 1.82) is 0 Å². The number of fused-ring (bicyclic) bond motifs is 1. The summed E-state index contributed by atoms with van der Waals surface area (Å²) in [6, 6.07) is 12.4. The van der Waals surface area contributed by atoms with Gasteiger partial charge in [0.2, 0.25) is 18.6 Å². The van der Waals surface area contributed by atoms with Crippen LogP contribution >= 0.6 is 11.6 Å². The number of nitrogens with one attached hydrogen (secondary N) is 1. The molecule has 2 aromatic rings. The fraction of sp³-hybridized carbons (Fsp3) is 0.364. The van der Waals surface area contributed by atoms with E-state index in [4.69, 9.17) is 21.1 Å². The third-order valence-electron chi connectivity index (χ3n) is 4.88. The molecule has 1 atom stereocenters. The van der Waals surface area contributed by atoms with Crippen molar-refractivity contribution >= 4 is 23.4 Å². The van der Waals surface area contributed by atoms with E-state index in [1.807, 2.05) is 43.3 Å². The first-order valence-corrected chi connectivity index (χ1v) is 10.1. The number of benzene rings is 2. The van der Waals surface area contributed by atoms with Gasteiger partial charge in [0.1, 0.15) is 6.04 Å². The Morgan fingerprint density at radius 3 is 2.69 bits per heavy atom. The number of rotatable bonds is 8. The van der Waals surface area contributed by atoms with Crippen molar-refractivity contribution in [3.8, 4) is 11.5 Å². The molecule has 0 aromatic heterocycles. The zero-order chi connectivity index (χ0) is 20.8. The van der Waals surface area contributed by atoms with Crippen LogP contribution in [-0.2, 0) is 22.6 Å². The first-order chi connectivity index (χ1) is 14.0. The number of carbonyl (C=O) groups is 2. The number of carbonyl (C=O) groups excluding carboxylic acids is 2. The maximum atomic E-state index is 13.1. The van der Waals surface area contributed by atoms with Gasteiger partial charge in [-0.05, 0) is 49.6 Å². The van der Waals surface area contributed by atoms with E-state index in [9.17, 15) is 9.59 Å². The molecular weight excluding hydrogens is 392 g/mol. The molecular formula is C22H25ClN2O4. The van der Waals surface area contributed by atoms with Crippen molar-refractivity contribution in [3.63, 3.8) is 0 Å². The molecule has 3 rings (SSSR count). The van der Waals surface area contributed by atoms with Gasteiger partial charge in [-0.3, -0.25) is 9.59 Å². The Hall–Kier alpha value is -2.73. The van der Waals surface area contributed by atoms with E-state index in [2.05, 4.69) is 5.32 Å². The fourth-order valence-corrected chi connectivity index (χ4v) is 3.40. The van der Waals surface area contributed by atoms with Crippen LogP contribution in [0.25, 0.3) is 0 Å². The molecule has 0 fully saturated rings. The first kappa shape index (κ1) is 21.0. The molecule has 0 radical (unpaired) electrons. The summed E-state index contributed by atoms with van der Waals surface area (Å²) in [5, 5.41) is 3.36. The van der Waals surface area contributed by atoms with Crippen LogP contribution in [0.1, 0.15) is 31.4 Å². The van der Waals surface area contributed by atoms with Crippen molar-refractivity contribution in [1.82, 2.24) is 10.2 Å². The molecule has 1 aliphatic rings. The van der Waals surface area contributed by atoms with Crippen LogP contribution in [0.3, 0.4) is 0 Å². The van der Waals surface area contributed by atoms with E-state index in [1.54, 1.807) is 17.9 Å². The average Bonchev–Trinajstić information content (AvgIpc) is 3.19. The van der Waals surface area contributed by atoms with Crippen molar-refractivity contribution < 1.29 is 19.1 Å². The predicted molar refractivity (Wildman–Crippen MR) is 111 cm³/mol. The summed E-state index contributed by atoms with van der Waals surface area (Å²) in [5.41, 5.74) is 1.78. The second-order valence-corrected chi connectivity index (χ2v) is 7.28. The quantitative estimate of drug-likeness (QED) is 0.714. The van der Waals surface area contributed by atoms with E-state index in [0.717, 1.165) is 11.1 Å². The maximum Gasteiger partial charge on any atom is 0.242 e. The average molecular weight is 417 g/mol. The lowest BCUT2D eigenvalue weighted by Crippen LogP contribution is -2.47. The van der Waals surface area contributed by atoms with Gasteiger partial charge < -0.3 is 19.7 Å². The number of nitrogens with zero attached hydrogens (tertiary/aromatic N) is 1. The lowest BCUT2D eigenvalue weighted by Gasteiger charge is -2.29. The third kappa shape index (κ3) is 5.21. The Balaban J connectivity index is 1.72. The number of aryl methyl sites for hydroxylation is 1. The second kappa shape index (κ2) is 9.65. The van der Waals surface area contributed by atoms with E-state index < -0.39 is 6.04 Å². The Morgan fingerprint density at radius 1 is 1.17 bits per heavy atom. The molecule has 1 N–H and O–H groups in total. The van der Waals surface area contributed by atoms with Gasteiger partial charge in [0.15, 0.2) is 11.5 Å². The normalized spacial score (nSPS) is 13.1. The number of likely N-dealkylation sites (N-methyl/N-ethyl adjacent to an activating group) is 1. The highest BCUT2D eigenvalue weighted by atomic mass is 35.5. The maximum absolute atomic E-state index is 13.1. The van der Waals surface area contributed by atoms with E-state index >= 15 is 0 Å². The summed E-state index contributed by atoms with van der Waals surface area (Å²) in [7, 11) is 0. The zero-order valence-corrected chi connectivity index (χ0v) is 17.4. The van der Waals surface area contributed by atoms with Crippen molar-refractivity contribution in [2.75, 3.05) is 13.3 Å². The van der Waals surface area contributed by atoms with Crippen LogP contribution in [0.15, 0.2) is 42.5 Å². The summed E-state index contributed by atoms with van der Waals surface area (Å²) in [6.45, 7) is 4.59. The lowest BCUT2D eigenvalue weighted by molar-refractivity contribution is -0.140. The van der Waals surface area contributed by atoms with Gasteiger partial charge in [0, 0.05) is 24.5 Å². The van der Waals surface area contributed by atoms with Gasteiger partial charge in [-0.2, -0.15) is 0 Å². The van der Waals surface area contributed by atoms with Crippen LogP contribution < -0.4 is 14.8 Å². The van der Waals surface area contributed by atoms with Crippen LogP contribution in [0, 0.1) is 0 Å². The van der Waals surface area contributed by atoms with Crippen molar-refractivity contribution in [2.24, 2.45) is 0 Å². The van der Waals surface area contributed by atoms with E-state index in [1.165, 1.54) is 0 Å². The largest absolute Gasteiger partial charge is 0.454 e. The SMILES string of the molecule is CCNC(=O)C(C)N(Cc1ccccc1Cl)C(=O)CCc1ccc2c(c1)OCO2. The first-order valence-electron chi connectivity index (χ1n) is 9.68. The highest BCUT2D eigenvalue weighted by Gasteiger charge is 2.26. The van der Waals surface area contributed by atoms with Gasteiger partial charge >= 0.3 is 0 Å². The molecule has 0 saturated heterocycles. The highest BCUT2D eigenvalue weighted by Crippen LogP contribution is 2.32. The molecule has 154 valence electrons. The Kier molecular flexibility index (Phi) is 6.99. The Labute approximate surface area is 175 Å². The summed E-state index contributed by atoms with van der Waals surface area (Å²) >= 11 is 6.28. The van der Waals surface area contributed by atoms with Crippen LogP contribution in [0.4, 0.5) is 0 Å². The number of ether oxygens (including phenoxy) is 2. The summed E-state index contributed by atoms with van der Waals surface area (Å²) in [4.78, 5) is 27.0. The number of amides is 2. The molecule has 2 amide bonds. The number of halogens is 1. The molecule has 29 heavy (non-hydrogen) atoms. The van der Waals surface area contributed by atoms with Crippen molar-refractivity contribution in [2.45, 2.75) is 39.3 Å². The number of hydrogen-bond acceptors (Lipinski definition) is 4. The summed E-state index contributed by atoms with van der Waals surface area (Å²) in [5.74, 6) is 1.11. The van der Waals surface area contributed by atoms with Crippen molar-refractivity contribution in [3.05, 3.63) is 58.6 Å². The van der Waals surface area contributed by atoms with Gasteiger partial charge in [-0.25, -0.2) is 0 Å². The summed E-state index contributed by atoms with van der Waals surface area (Å²) in [6.07, 6.45) is 0.810. The molecule has 1 unspecified atom stereocenters. The van der Waals surface area contributed by atoms with E-state index in [0.29, 0.717) is 29.5 Å². The molecule has 1 aliphatic heterocycles. The molecule has 7 heteroatoms. The fourth-order valence-electron chi connectivity index (χ4n) is 3.21. The molecule has 0 spiro atoms. The smallest absolute Gasteiger partial charge is 0.242 e. The minimum absolute atomic E-state index is 0.110. The standard InChI is InChI=1S/C22H25ClN2O4/c1-3-24-22(27)15(2)25(13-17-6-4-5-7-18(17)23)21(26)11-9-16-8-10-19-20(12-16)29-14-28-19/h4-8,10,12,15H,3,9,11,13-14H2,1-2H3,(H,24,27). The van der Waals surface area contributed by atoms with Crippen LogP contribution in [0.2, 0.25) is 5.02 Å². The molecule has 0 saturated carbocycles. The zero-order valence-electron chi connectivity index (χ0n) is 16.6. The van der Waals surface area contributed by atoms with Gasteiger partial charge in [-0.15, -0.1) is 0 Å². The van der Waals surface area contributed by atoms with Gasteiger partial charge in [-0.1, -0.05) is 35.9 Å². The molecule has 0 aliphatic carbocycles. The van der Waals surface area contributed by atoms with Crippen LogP contribution in [-0.4, -0.2) is 36.1 Å². The summed E-state index contributed by atoms with van der Waals surface area (Å²) < 4.78 is 10.7. The molecule has 2 aromatic carbocycles. The van der Waals surface area contributed by atoms with Gasteiger partial charge in [0.05, 0.1) is 0 Å². The lowest BCUT2D eigenvalue weighted by atomic mass is 10.1. The van der Waals surface area contributed by atoms with Crippen LogP contribution in [0.5, 0.6) is 11.5 Å². The highest BCUT2D eigenvalue weighted by molar-refractivity contribution is 6.31.